The molecule has 5 nitrogen and oxygen atoms in total. The van der Waals surface area contributed by atoms with Crippen molar-refractivity contribution in [3.8, 4) is 5.75 Å². The number of aromatic nitrogens is 1. The molecule has 0 saturated carbocycles. The van der Waals surface area contributed by atoms with Crippen LogP contribution in [0.1, 0.15) is 16.8 Å². The molecule has 22 heavy (non-hydrogen) atoms. The standard InChI is InChI=1S/C17H19N3O2/c1-22-15-7-5-13(6-8-15)17(21)19-14-9-11-20(12-14)16-4-2-3-10-18-16/h2-8,10,14H,9,11-12H2,1H3,(H,19,21). The Morgan fingerprint density at radius 1 is 1.27 bits per heavy atom. The van der Waals surface area contributed by atoms with Crippen molar-refractivity contribution in [1.82, 2.24) is 10.3 Å². The zero-order chi connectivity index (χ0) is 15.4. The number of amides is 1. The van der Waals surface area contributed by atoms with Crippen LogP contribution in [0.4, 0.5) is 5.82 Å². The highest BCUT2D eigenvalue weighted by molar-refractivity contribution is 5.94. The third-order valence-electron chi connectivity index (χ3n) is 3.85. The number of ether oxygens (including phenoxy) is 1. The number of pyridine rings is 1. The molecule has 0 aliphatic carbocycles. The highest BCUT2D eigenvalue weighted by Crippen LogP contribution is 2.18. The Labute approximate surface area is 129 Å². The van der Waals surface area contributed by atoms with Gasteiger partial charge in [-0.1, -0.05) is 6.07 Å². The molecular weight excluding hydrogens is 278 g/mol. The smallest absolute Gasteiger partial charge is 0.251 e. The predicted octanol–water partition coefficient (Wildman–Crippen LogP) is 2.10. The molecule has 114 valence electrons. The number of anilines is 1. The van der Waals surface area contributed by atoms with E-state index in [-0.39, 0.29) is 11.9 Å². The second-order valence-corrected chi connectivity index (χ2v) is 5.32. The van der Waals surface area contributed by atoms with Gasteiger partial charge in [0.05, 0.1) is 7.11 Å². The van der Waals surface area contributed by atoms with E-state index in [0.717, 1.165) is 31.1 Å². The summed E-state index contributed by atoms with van der Waals surface area (Å²) >= 11 is 0. The lowest BCUT2D eigenvalue weighted by molar-refractivity contribution is 0.0940. The number of nitrogens with zero attached hydrogens (tertiary/aromatic N) is 2. The monoisotopic (exact) mass is 297 g/mol. The SMILES string of the molecule is COc1ccc(C(=O)NC2CCN(c3ccccn3)C2)cc1. The summed E-state index contributed by atoms with van der Waals surface area (Å²) in [7, 11) is 1.61. The van der Waals surface area contributed by atoms with Crippen molar-refractivity contribution in [1.29, 1.82) is 0 Å². The molecule has 1 saturated heterocycles. The van der Waals surface area contributed by atoms with Crippen molar-refractivity contribution in [2.45, 2.75) is 12.5 Å². The van der Waals surface area contributed by atoms with E-state index in [9.17, 15) is 4.79 Å². The Morgan fingerprint density at radius 3 is 2.77 bits per heavy atom. The van der Waals surface area contributed by atoms with Crippen LogP contribution in [-0.4, -0.2) is 37.1 Å². The summed E-state index contributed by atoms with van der Waals surface area (Å²) in [6, 6.07) is 13.2. The van der Waals surface area contributed by atoms with Gasteiger partial charge in [0.25, 0.3) is 5.91 Å². The summed E-state index contributed by atoms with van der Waals surface area (Å²) < 4.78 is 5.10. The molecule has 0 radical (unpaired) electrons. The lowest BCUT2D eigenvalue weighted by Gasteiger charge is -2.17. The van der Waals surface area contributed by atoms with Crippen molar-refractivity contribution in [3.63, 3.8) is 0 Å². The van der Waals surface area contributed by atoms with Crippen molar-refractivity contribution >= 4 is 11.7 Å². The minimum Gasteiger partial charge on any atom is -0.497 e. The van der Waals surface area contributed by atoms with E-state index >= 15 is 0 Å². The van der Waals surface area contributed by atoms with Gasteiger partial charge in [0.15, 0.2) is 0 Å². The van der Waals surface area contributed by atoms with E-state index < -0.39 is 0 Å². The van der Waals surface area contributed by atoms with Crippen LogP contribution in [-0.2, 0) is 0 Å². The molecule has 1 N–H and O–H groups in total. The van der Waals surface area contributed by atoms with Gasteiger partial charge in [0, 0.05) is 30.9 Å². The molecule has 3 rings (SSSR count). The fourth-order valence-electron chi connectivity index (χ4n) is 2.64. The highest BCUT2D eigenvalue weighted by atomic mass is 16.5. The van der Waals surface area contributed by atoms with Gasteiger partial charge >= 0.3 is 0 Å². The number of benzene rings is 1. The minimum atomic E-state index is -0.0458. The van der Waals surface area contributed by atoms with Crippen LogP contribution < -0.4 is 15.0 Å². The first kappa shape index (κ1) is 14.4. The Morgan fingerprint density at radius 2 is 2.09 bits per heavy atom. The summed E-state index contributed by atoms with van der Waals surface area (Å²) in [4.78, 5) is 18.8. The van der Waals surface area contributed by atoms with Crippen LogP contribution in [0.25, 0.3) is 0 Å². The van der Waals surface area contributed by atoms with E-state index in [1.165, 1.54) is 0 Å². The number of hydrogen-bond donors (Lipinski definition) is 1. The van der Waals surface area contributed by atoms with Crippen LogP contribution in [0.15, 0.2) is 48.7 Å². The molecule has 5 heteroatoms. The molecule has 1 unspecified atom stereocenters. The van der Waals surface area contributed by atoms with Gasteiger partial charge in [-0.05, 0) is 42.8 Å². The Kier molecular flexibility index (Phi) is 4.23. The first-order chi connectivity index (χ1) is 10.8. The predicted molar refractivity (Wildman–Crippen MR) is 85.3 cm³/mol. The molecule has 1 aliphatic heterocycles. The zero-order valence-electron chi connectivity index (χ0n) is 12.5. The zero-order valence-corrected chi connectivity index (χ0v) is 12.5. The molecule has 1 aliphatic rings. The number of carbonyl (C=O) groups excluding carboxylic acids is 1. The maximum absolute atomic E-state index is 12.3. The van der Waals surface area contributed by atoms with Crippen LogP contribution in [0.3, 0.4) is 0 Å². The van der Waals surface area contributed by atoms with Crippen molar-refractivity contribution in [2.75, 3.05) is 25.1 Å². The number of carbonyl (C=O) groups is 1. The van der Waals surface area contributed by atoms with Crippen molar-refractivity contribution in [3.05, 3.63) is 54.2 Å². The first-order valence-corrected chi connectivity index (χ1v) is 7.37. The molecule has 2 heterocycles. The lowest BCUT2D eigenvalue weighted by atomic mass is 10.2. The summed E-state index contributed by atoms with van der Waals surface area (Å²) in [5.41, 5.74) is 0.650. The van der Waals surface area contributed by atoms with Crippen LogP contribution in [0.2, 0.25) is 0 Å². The second-order valence-electron chi connectivity index (χ2n) is 5.32. The molecule has 0 bridgehead atoms. The van der Waals surface area contributed by atoms with Crippen LogP contribution in [0.5, 0.6) is 5.75 Å². The average Bonchev–Trinajstić information content (AvgIpc) is 3.04. The topological polar surface area (TPSA) is 54.5 Å². The minimum absolute atomic E-state index is 0.0458. The molecule has 1 aromatic carbocycles. The van der Waals surface area contributed by atoms with Gasteiger partial charge in [0.1, 0.15) is 11.6 Å². The summed E-state index contributed by atoms with van der Waals surface area (Å²) in [6.45, 7) is 1.70. The van der Waals surface area contributed by atoms with Gasteiger partial charge in [-0.2, -0.15) is 0 Å². The van der Waals surface area contributed by atoms with E-state index in [0.29, 0.717) is 5.56 Å². The van der Waals surface area contributed by atoms with Crippen LogP contribution in [0, 0.1) is 0 Å². The Hall–Kier alpha value is -2.56. The fraction of sp³-hybridized carbons (Fsp3) is 0.294. The van der Waals surface area contributed by atoms with E-state index in [4.69, 9.17) is 4.74 Å². The Balaban J connectivity index is 1.58. The number of nitrogens with one attached hydrogen (secondary N) is 1. The average molecular weight is 297 g/mol. The van der Waals surface area contributed by atoms with E-state index in [1.807, 2.05) is 18.2 Å². The van der Waals surface area contributed by atoms with E-state index in [1.54, 1.807) is 37.6 Å². The molecule has 0 spiro atoms. The Bertz CT molecular complexity index is 628. The molecule has 1 atom stereocenters. The van der Waals surface area contributed by atoms with Gasteiger partial charge < -0.3 is 15.0 Å². The molecule has 2 aromatic rings. The van der Waals surface area contributed by atoms with E-state index in [2.05, 4.69) is 15.2 Å². The fourth-order valence-corrected chi connectivity index (χ4v) is 2.64. The summed E-state index contributed by atoms with van der Waals surface area (Å²) in [5.74, 6) is 1.66. The number of rotatable bonds is 4. The molecule has 1 amide bonds. The molecule has 1 aromatic heterocycles. The third-order valence-corrected chi connectivity index (χ3v) is 3.85. The second kappa shape index (κ2) is 6.47. The first-order valence-electron chi connectivity index (χ1n) is 7.37. The van der Waals surface area contributed by atoms with Crippen molar-refractivity contribution < 1.29 is 9.53 Å². The van der Waals surface area contributed by atoms with Gasteiger partial charge in [-0.3, -0.25) is 4.79 Å². The lowest BCUT2D eigenvalue weighted by Crippen LogP contribution is -2.37. The summed E-state index contributed by atoms with van der Waals surface area (Å²) in [5, 5.41) is 3.08. The summed E-state index contributed by atoms with van der Waals surface area (Å²) in [6.07, 6.45) is 2.72. The quantitative estimate of drug-likeness (QED) is 0.939. The third kappa shape index (κ3) is 3.19. The van der Waals surface area contributed by atoms with Crippen LogP contribution >= 0.6 is 0 Å². The largest absolute Gasteiger partial charge is 0.497 e. The maximum Gasteiger partial charge on any atom is 0.251 e. The maximum atomic E-state index is 12.3. The number of methoxy groups -OCH3 is 1. The molecule has 1 fully saturated rings. The number of hydrogen-bond acceptors (Lipinski definition) is 4. The van der Waals surface area contributed by atoms with Crippen molar-refractivity contribution in [2.24, 2.45) is 0 Å². The normalized spacial score (nSPS) is 17.3. The van der Waals surface area contributed by atoms with Gasteiger partial charge in [0.2, 0.25) is 0 Å². The molecular formula is C17H19N3O2. The van der Waals surface area contributed by atoms with Gasteiger partial charge in [-0.25, -0.2) is 4.98 Å². The van der Waals surface area contributed by atoms with Gasteiger partial charge in [-0.15, -0.1) is 0 Å². The highest BCUT2D eigenvalue weighted by Gasteiger charge is 2.24.